The first-order chi connectivity index (χ1) is 6.68. The summed E-state index contributed by atoms with van der Waals surface area (Å²) in [7, 11) is 3.21. The zero-order valence-electron chi connectivity index (χ0n) is 10.9. The van der Waals surface area contributed by atoms with E-state index in [9.17, 15) is 0 Å². The predicted octanol–water partition coefficient (Wildman–Crippen LogP) is -2.80. The van der Waals surface area contributed by atoms with Crippen LogP contribution in [0.25, 0.3) is 0 Å². The van der Waals surface area contributed by atoms with E-state index in [1.165, 1.54) is 0 Å². The SMILES string of the molecule is COCCOC(C)([O][Al])OCCOC.[H-].[Na+]. The smallest absolute Gasteiger partial charge is 1.00 e. The fourth-order valence-corrected chi connectivity index (χ4v) is 0.867. The molecule has 0 aromatic heterocycles. The quantitative estimate of drug-likeness (QED) is 0.249. The van der Waals surface area contributed by atoms with E-state index in [0.29, 0.717) is 26.4 Å². The first-order valence-electron chi connectivity index (χ1n) is 4.32. The number of methoxy groups -OCH3 is 2. The van der Waals surface area contributed by atoms with Gasteiger partial charge in [0, 0.05) is 21.1 Å². The van der Waals surface area contributed by atoms with Crippen LogP contribution in [0.4, 0.5) is 0 Å². The van der Waals surface area contributed by atoms with Gasteiger partial charge in [-0.05, 0) is 0 Å². The summed E-state index contributed by atoms with van der Waals surface area (Å²) in [6, 6.07) is 0. The van der Waals surface area contributed by atoms with Crippen molar-refractivity contribution in [3.63, 3.8) is 0 Å². The van der Waals surface area contributed by atoms with Crippen LogP contribution in [0.1, 0.15) is 8.35 Å². The van der Waals surface area contributed by atoms with Crippen molar-refractivity contribution in [3.05, 3.63) is 0 Å². The van der Waals surface area contributed by atoms with Crippen LogP contribution in [-0.4, -0.2) is 63.2 Å². The molecule has 0 spiro atoms. The second kappa shape index (κ2) is 11.8. The topological polar surface area (TPSA) is 46.2 Å². The van der Waals surface area contributed by atoms with Crippen LogP contribution >= 0.6 is 0 Å². The van der Waals surface area contributed by atoms with Crippen molar-refractivity contribution in [1.29, 1.82) is 0 Å². The summed E-state index contributed by atoms with van der Waals surface area (Å²) < 4.78 is 25.3. The van der Waals surface area contributed by atoms with E-state index >= 15 is 0 Å². The van der Waals surface area contributed by atoms with Crippen LogP contribution in [0.15, 0.2) is 0 Å². The second-order valence-corrected chi connectivity index (χ2v) is 2.90. The molecule has 84 valence electrons. The molecular formula is C8H18AlNaO5. The van der Waals surface area contributed by atoms with E-state index in [4.69, 9.17) is 22.7 Å². The first kappa shape index (κ1) is 18.7. The minimum Gasteiger partial charge on any atom is -1.00 e. The Balaban J connectivity index is -0.000000845. The third kappa shape index (κ3) is 10.2. The molecule has 0 aromatic rings. The van der Waals surface area contributed by atoms with Gasteiger partial charge in [-0.25, -0.2) is 0 Å². The average Bonchev–Trinajstić information content (AvgIpc) is 2.19. The van der Waals surface area contributed by atoms with Crippen molar-refractivity contribution in [2.24, 2.45) is 0 Å². The summed E-state index contributed by atoms with van der Waals surface area (Å²) in [5.74, 6) is -1.05. The normalized spacial score (nSPS) is 11.1. The third-order valence-corrected chi connectivity index (χ3v) is 1.95. The molecule has 0 aliphatic carbocycles. The molecule has 0 bridgehead atoms. The van der Waals surface area contributed by atoms with E-state index in [2.05, 4.69) is 16.6 Å². The fraction of sp³-hybridized carbons (Fsp3) is 1.00. The van der Waals surface area contributed by atoms with E-state index in [-0.39, 0.29) is 31.0 Å². The van der Waals surface area contributed by atoms with Gasteiger partial charge in [-0.3, -0.25) is 0 Å². The predicted molar refractivity (Wildman–Crippen MR) is 52.0 cm³/mol. The van der Waals surface area contributed by atoms with E-state index in [1.807, 2.05) is 0 Å². The number of hydrogen-bond donors (Lipinski definition) is 0. The van der Waals surface area contributed by atoms with Gasteiger partial charge in [-0.1, -0.05) is 0 Å². The molecule has 0 atom stereocenters. The number of ether oxygens (including phenoxy) is 4. The van der Waals surface area contributed by atoms with Crippen LogP contribution in [-0.2, 0) is 22.7 Å². The fourth-order valence-electron chi connectivity index (χ4n) is 0.730. The molecular weight excluding hydrogens is 226 g/mol. The van der Waals surface area contributed by atoms with Crippen LogP contribution in [0, 0.1) is 0 Å². The van der Waals surface area contributed by atoms with E-state index in [1.54, 1.807) is 21.1 Å². The van der Waals surface area contributed by atoms with Crippen molar-refractivity contribution >= 4 is 16.6 Å². The average molecular weight is 244 g/mol. The van der Waals surface area contributed by atoms with Crippen LogP contribution in [0.2, 0.25) is 0 Å². The Bertz CT molecular complexity index is 134. The summed E-state index contributed by atoms with van der Waals surface area (Å²) in [4.78, 5) is 0. The van der Waals surface area contributed by atoms with Gasteiger partial charge >= 0.3 is 46.2 Å². The largest absolute Gasteiger partial charge is 1.00 e. The molecule has 0 aromatic carbocycles. The Labute approximate surface area is 123 Å². The van der Waals surface area contributed by atoms with E-state index in [0.717, 1.165) is 0 Å². The molecule has 0 aliphatic heterocycles. The van der Waals surface area contributed by atoms with Crippen molar-refractivity contribution in [1.82, 2.24) is 0 Å². The Morgan fingerprint density at radius 2 is 1.40 bits per heavy atom. The molecule has 0 fully saturated rings. The van der Waals surface area contributed by atoms with Crippen molar-refractivity contribution in [2.75, 3.05) is 40.6 Å². The standard InChI is InChI=1S/C8H17O5.Al.Na.H/c1-8(9,12-6-4-10-2)13-7-5-11-3;;;/h4-7H2,1-3H3;;;/q-1;2*+1;-1. The van der Waals surface area contributed by atoms with Crippen molar-refractivity contribution < 1.29 is 53.7 Å². The third-order valence-electron chi connectivity index (χ3n) is 1.52. The van der Waals surface area contributed by atoms with Gasteiger partial charge in [0.05, 0.1) is 26.4 Å². The molecule has 0 heterocycles. The molecule has 0 saturated carbocycles. The first-order valence-corrected chi connectivity index (χ1v) is 4.79. The molecule has 15 heavy (non-hydrogen) atoms. The van der Waals surface area contributed by atoms with Crippen LogP contribution < -0.4 is 29.6 Å². The summed E-state index contributed by atoms with van der Waals surface area (Å²) in [5.41, 5.74) is 0. The summed E-state index contributed by atoms with van der Waals surface area (Å²) in [6.45, 7) is 3.50. The minimum absolute atomic E-state index is 0. The van der Waals surface area contributed by atoms with Crippen molar-refractivity contribution in [2.45, 2.75) is 12.9 Å². The molecule has 5 nitrogen and oxygen atoms in total. The maximum absolute atomic E-state index is 5.32. The van der Waals surface area contributed by atoms with Gasteiger partial charge in [-0.15, -0.1) is 0 Å². The summed E-state index contributed by atoms with van der Waals surface area (Å²) in [5, 5.41) is 0. The molecule has 0 amide bonds. The molecule has 0 rings (SSSR count). The van der Waals surface area contributed by atoms with Crippen molar-refractivity contribution in [3.8, 4) is 0 Å². The summed E-state index contributed by atoms with van der Waals surface area (Å²) >= 11 is 2.11. The maximum Gasteiger partial charge on any atom is 1.00 e. The Hall–Kier alpha value is 1.33. The zero-order chi connectivity index (χ0) is 10.9. The molecule has 0 N–H and O–H groups in total. The monoisotopic (exact) mass is 244 g/mol. The van der Waals surface area contributed by atoms with E-state index < -0.39 is 5.97 Å². The maximum atomic E-state index is 5.32. The molecule has 0 saturated heterocycles. The minimum atomic E-state index is -1.05. The Morgan fingerprint density at radius 3 is 1.67 bits per heavy atom. The number of rotatable bonds is 9. The van der Waals surface area contributed by atoms with Gasteiger partial charge < -0.3 is 24.2 Å². The second-order valence-electron chi connectivity index (χ2n) is 2.66. The Kier molecular flexibility index (Phi) is 14.7. The van der Waals surface area contributed by atoms with Crippen LogP contribution in [0.5, 0.6) is 0 Å². The van der Waals surface area contributed by atoms with Gasteiger partial charge in [0.1, 0.15) is 0 Å². The number of hydrogen-bond acceptors (Lipinski definition) is 5. The van der Waals surface area contributed by atoms with Gasteiger partial charge in [0.15, 0.2) is 0 Å². The van der Waals surface area contributed by atoms with Crippen LogP contribution in [0.3, 0.4) is 0 Å². The van der Waals surface area contributed by atoms with Gasteiger partial charge in [0.2, 0.25) is 0 Å². The summed E-state index contributed by atoms with van der Waals surface area (Å²) in [6.07, 6.45) is 0. The van der Waals surface area contributed by atoms with Gasteiger partial charge in [0.25, 0.3) is 5.97 Å². The Morgan fingerprint density at radius 1 is 1.00 bits per heavy atom. The van der Waals surface area contributed by atoms with Gasteiger partial charge in [-0.2, -0.15) is 0 Å². The zero-order valence-corrected chi connectivity index (χ0v) is 13.1. The molecule has 0 unspecified atom stereocenters. The molecule has 0 aliphatic rings. The molecule has 7 heteroatoms. The molecule has 2 radical (unpaired) electrons.